The summed E-state index contributed by atoms with van der Waals surface area (Å²) in [5, 5.41) is 54.8. The number of benzene rings is 8. The molecule has 8 aromatic carbocycles. The lowest BCUT2D eigenvalue weighted by molar-refractivity contribution is 0.472. The van der Waals surface area contributed by atoms with Gasteiger partial charge in [-0.3, -0.25) is 13.7 Å². The van der Waals surface area contributed by atoms with Crippen molar-refractivity contribution in [3.8, 4) is 22.6 Å². The molecule has 0 heterocycles. The number of rotatable bonds is 12. The van der Waals surface area contributed by atoms with Crippen LogP contribution >= 0.6 is 0 Å². The van der Waals surface area contributed by atoms with Gasteiger partial charge in [0.1, 0.15) is 43.1 Å². The monoisotopic (exact) mass is 1000 g/mol. The molecular formula is C44H34N12O11S3. The molecule has 23 nitrogen and oxygen atoms in total. The maximum atomic E-state index is 12.6. The van der Waals surface area contributed by atoms with E-state index in [1.54, 1.807) is 60.7 Å². The van der Waals surface area contributed by atoms with E-state index in [4.69, 9.17) is 22.9 Å². The van der Waals surface area contributed by atoms with Gasteiger partial charge in [-0.05, 0) is 108 Å². The van der Waals surface area contributed by atoms with Crippen LogP contribution in [0.2, 0.25) is 0 Å². The van der Waals surface area contributed by atoms with E-state index in [1.807, 2.05) is 0 Å². The van der Waals surface area contributed by atoms with Gasteiger partial charge in [-0.2, -0.15) is 40.6 Å². The van der Waals surface area contributed by atoms with Crippen molar-refractivity contribution >= 4 is 120 Å². The van der Waals surface area contributed by atoms with E-state index in [0.29, 0.717) is 22.5 Å². The maximum absolute atomic E-state index is 12.6. The van der Waals surface area contributed by atoms with Gasteiger partial charge in [-0.15, -0.1) is 25.6 Å². The Labute approximate surface area is 396 Å². The van der Waals surface area contributed by atoms with Crippen LogP contribution in [-0.2, 0) is 30.4 Å². The fourth-order valence-corrected chi connectivity index (χ4v) is 8.88. The highest BCUT2D eigenvalue weighted by Gasteiger charge is 2.26. The number of nitrogens with two attached hydrogens (primary N) is 4. The van der Waals surface area contributed by atoms with Crippen LogP contribution in [0.5, 0.6) is 11.5 Å². The summed E-state index contributed by atoms with van der Waals surface area (Å²) in [7, 11) is -14.9. The number of anilines is 4. The van der Waals surface area contributed by atoms with Crippen LogP contribution < -0.4 is 22.9 Å². The minimum atomic E-state index is -5.11. The van der Waals surface area contributed by atoms with Crippen molar-refractivity contribution in [2.45, 2.75) is 14.7 Å². The molecule has 0 aliphatic rings. The van der Waals surface area contributed by atoms with Gasteiger partial charge in [0, 0.05) is 32.9 Å². The molecule has 70 heavy (non-hydrogen) atoms. The van der Waals surface area contributed by atoms with Crippen molar-refractivity contribution in [2.75, 3.05) is 22.9 Å². The van der Waals surface area contributed by atoms with Gasteiger partial charge >= 0.3 is 0 Å². The number of azo groups is 4. The fraction of sp³-hybridized carbons (Fsp3) is 0. The summed E-state index contributed by atoms with van der Waals surface area (Å²) in [5.41, 5.74) is 24.5. The third-order valence-electron chi connectivity index (χ3n) is 10.3. The van der Waals surface area contributed by atoms with Gasteiger partial charge in [0.2, 0.25) is 0 Å². The summed E-state index contributed by atoms with van der Waals surface area (Å²) in [6.07, 6.45) is 0. The molecule has 0 amide bonds. The first-order chi connectivity index (χ1) is 33.1. The van der Waals surface area contributed by atoms with Crippen LogP contribution in [0.25, 0.3) is 32.7 Å². The summed E-state index contributed by atoms with van der Waals surface area (Å²) >= 11 is 0. The summed E-state index contributed by atoms with van der Waals surface area (Å²) < 4.78 is 104. The van der Waals surface area contributed by atoms with Crippen molar-refractivity contribution in [3.63, 3.8) is 0 Å². The lowest BCUT2D eigenvalue weighted by Crippen LogP contribution is -2.00. The van der Waals surface area contributed by atoms with E-state index >= 15 is 0 Å². The molecule has 0 bridgehead atoms. The molecule has 0 aliphatic heterocycles. The number of hydrogen-bond donors (Lipinski definition) is 9. The van der Waals surface area contributed by atoms with Crippen molar-refractivity contribution in [3.05, 3.63) is 127 Å². The first-order valence-corrected chi connectivity index (χ1v) is 24.1. The van der Waals surface area contributed by atoms with E-state index in [-0.39, 0.29) is 67.0 Å². The fourth-order valence-electron chi connectivity index (χ4n) is 6.93. The number of fused-ring (bicyclic) bond motifs is 2. The van der Waals surface area contributed by atoms with Crippen LogP contribution in [0.4, 0.5) is 68.2 Å². The predicted octanol–water partition coefficient (Wildman–Crippen LogP) is 10.8. The Morgan fingerprint density at radius 1 is 0.357 bits per heavy atom. The average Bonchev–Trinajstić information content (AvgIpc) is 3.30. The van der Waals surface area contributed by atoms with Crippen LogP contribution in [-0.4, -0.2) is 49.1 Å². The molecule has 0 saturated heterocycles. The van der Waals surface area contributed by atoms with Crippen molar-refractivity contribution in [1.82, 2.24) is 0 Å². The summed E-state index contributed by atoms with van der Waals surface area (Å²) in [5.74, 6) is -1.38. The molecule has 0 saturated carbocycles. The molecule has 0 aliphatic carbocycles. The zero-order chi connectivity index (χ0) is 50.3. The molecular weight excluding hydrogens is 969 g/mol. The van der Waals surface area contributed by atoms with Crippen molar-refractivity contribution in [1.29, 1.82) is 0 Å². The van der Waals surface area contributed by atoms with Crippen LogP contribution in [0.3, 0.4) is 0 Å². The Bertz CT molecular complexity index is 3930. The Balaban J connectivity index is 1.05. The molecule has 8 aromatic rings. The SMILES string of the molecule is Nc1cccc(N=Nc2c(N)ccc3c(O)c(N=Nc4ccc(-c5ccc(N=Nc6c(S(=O)(=O)O)cc7c(N=Nc8ccc(N)cc8S(=O)(=O)O)c(N)ccc7c6O)cc5)cc4)c(S(=O)(=O)O)cc23)c1. The third kappa shape index (κ3) is 9.92. The molecule has 0 fully saturated rings. The lowest BCUT2D eigenvalue weighted by atomic mass is 10.1. The summed E-state index contributed by atoms with van der Waals surface area (Å²) in [6, 6.07) is 30.0. The normalized spacial score (nSPS) is 12.7. The van der Waals surface area contributed by atoms with Gasteiger partial charge in [-0.1, -0.05) is 30.3 Å². The van der Waals surface area contributed by atoms with E-state index in [2.05, 4.69) is 40.9 Å². The van der Waals surface area contributed by atoms with Gasteiger partial charge in [0.15, 0.2) is 11.5 Å². The van der Waals surface area contributed by atoms with E-state index < -0.39 is 67.9 Å². The second kappa shape index (κ2) is 18.4. The average molecular weight is 1000 g/mol. The largest absolute Gasteiger partial charge is 0.505 e. The molecule has 8 rings (SSSR count). The zero-order valence-corrected chi connectivity index (χ0v) is 37.9. The van der Waals surface area contributed by atoms with Crippen molar-refractivity contribution in [2.24, 2.45) is 40.9 Å². The van der Waals surface area contributed by atoms with E-state index in [9.17, 15) is 49.1 Å². The topological polar surface area (TPSA) is 407 Å². The molecule has 13 N–H and O–H groups in total. The smallest absolute Gasteiger partial charge is 0.296 e. The Morgan fingerprint density at radius 3 is 1.21 bits per heavy atom. The molecule has 0 radical (unpaired) electrons. The van der Waals surface area contributed by atoms with Crippen LogP contribution in [0.1, 0.15) is 0 Å². The second-order valence-corrected chi connectivity index (χ2v) is 19.2. The number of hydrogen-bond acceptors (Lipinski definition) is 20. The molecule has 0 spiro atoms. The van der Waals surface area contributed by atoms with Gasteiger partial charge < -0.3 is 33.1 Å². The highest BCUT2D eigenvalue weighted by atomic mass is 32.2. The number of aromatic hydroxyl groups is 2. The van der Waals surface area contributed by atoms with Crippen LogP contribution in [0, 0.1) is 0 Å². The van der Waals surface area contributed by atoms with Gasteiger partial charge in [-0.25, -0.2) is 0 Å². The lowest BCUT2D eigenvalue weighted by Gasteiger charge is -2.11. The highest BCUT2D eigenvalue weighted by molar-refractivity contribution is 7.86. The Morgan fingerprint density at radius 2 is 0.771 bits per heavy atom. The standard InChI is InChI=1S/C44H34N12O11S3/c45-24-2-1-3-28(18-24)51-53-39-31-20-37(69(62,63)64)41(43(57)29(31)13-15-33(39)47)55-49-26-9-4-22(5-10-26)23-6-11-27(12-7-23)50-56-42-38(70(65,66)67)21-32-30(44(42)58)14-16-34(48)40(32)54-52-35-17-8-25(46)19-36(35)68(59,60)61/h1-21,57-58H,45-48H2,(H,59,60,61)(H,62,63,64)(H,65,66,67). The first kappa shape index (κ1) is 47.7. The maximum Gasteiger partial charge on any atom is 0.296 e. The Hall–Kier alpha value is -8.79. The quantitative estimate of drug-likeness (QED) is 0.0312. The Kier molecular flexibility index (Phi) is 12.5. The second-order valence-electron chi connectivity index (χ2n) is 15.0. The predicted molar refractivity (Wildman–Crippen MR) is 260 cm³/mol. The number of nitrogens with zero attached hydrogens (tertiary/aromatic N) is 8. The number of nitrogen functional groups attached to an aromatic ring is 4. The molecule has 0 unspecified atom stereocenters. The highest BCUT2D eigenvalue weighted by Crippen LogP contribution is 2.48. The zero-order valence-electron chi connectivity index (χ0n) is 35.4. The third-order valence-corrected chi connectivity index (χ3v) is 12.9. The van der Waals surface area contributed by atoms with E-state index in [1.165, 1.54) is 42.5 Å². The van der Waals surface area contributed by atoms with E-state index in [0.717, 1.165) is 24.3 Å². The summed E-state index contributed by atoms with van der Waals surface area (Å²) in [6.45, 7) is 0. The van der Waals surface area contributed by atoms with Crippen LogP contribution in [0.15, 0.2) is 183 Å². The number of phenolic OH excluding ortho intramolecular Hbond substituents is 2. The van der Waals surface area contributed by atoms with Gasteiger partial charge in [0.05, 0.1) is 28.4 Å². The molecule has 0 atom stereocenters. The van der Waals surface area contributed by atoms with Gasteiger partial charge in [0.25, 0.3) is 30.4 Å². The molecule has 0 aromatic heterocycles. The minimum Gasteiger partial charge on any atom is -0.505 e. The molecule has 354 valence electrons. The summed E-state index contributed by atoms with van der Waals surface area (Å²) in [4.78, 5) is -2.34. The molecule has 26 heteroatoms. The minimum absolute atomic E-state index is 0.00570. The first-order valence-electron chi connectivity index (χ1n) is 19.8. The van der Waals surface area contributed by atoms with Crippen molar-refractivity contribution < 1.29 is 49.1 Å². The number of phenols is 2.